The van der Waals surface area contributed by atoms with Crippen LogP contribution in [0.2, 0.25) is 0 Å². The zero-order valence-electron chi connectivity index (χ0n) is 14.3. The first-order valence-corrected chi connectivity index (χ1v) is 9.62. The van der Waals surface area contributed by atoms with Crippen molar-refractivity contribution in [3.8, 4) is 33.9 Å². The summed E-state index contributed by atoms with van der Waals surface area (Å²) in [6.07, 6.45) is 5.67. The molecule has 3 rings (SSSR count). The van der Waals surface area contributed by atoms with E-state index in [2.05, 4.69) is 4.98 Å². The average molecular weight is 424 g/mol. The van der Waals surface area contributed by atoms with Gasteiger partial charge in [0.25, 0.3) is 0 Å². The zero-order valence-corrected chi connectivity index (χ0v) is 15.2. The van der Waals surface area contributed by atoms with Crippen molar-refractivity contribution in [2.45, 2.75) is 0 Å². The molecule has 0 aliphatic carbocycles. The summed E-state index contributed by atoms with van der Waals surface area (Å²) in [6, 6.07) is 12.4. The van der Waals surface area contributed by atoms with Gasteiger partial charge in [-0.1, -0.05) is 0 Å². The van der Waals surface area contributed by atoms with Crippen LogP contribution in [-0.4, -0.2) is 15.2 Å². The molecule has 0 bridgehead atoms. The van der Waals surface area contributed by atoms with E-state index in [0.717, 1.165) is 11.1 Å². The van der Waals surface area contributed by atoms with Gasteiger partial charge in [0, 0.05) is 30.0 Å². The van der Waals surface area contributed by atoms with Crippen LogP contribution in [0.3, 0.4) is 0 Å². The van der Waals surface area contributed by atoms with Crippen LogP contribution in [0.5, 0.6) is 11.5 Å². The molecule has 0 saturated carbocycles. The maximum atomic E-state index is 9.94. The van der Waals surface area contributed by atoms with Crippen molar-refractivity contribution in [1.29, 1.82) is 0 Å². The first-order chi connectivity index (χ1) is 12.6. The predicted molar refractivity (Wildman–Crippen MR) is 93.2 cm³/mol. The molecule has 1 aromatic carbocycles. The molecule has 28 heavy (non-hydrogen) atoms. The van der Waals surface area contributed by atoms with Crippen molar-refractivity contribution >= 4 is 7.81 Å². The van der Waals surface area contributed by atoms with Crippen molar-refractivity contribution < 1.29 is 40.0 Å². The van der Waals surface area contributed by atoms with Crippen LogP contribution in [0, 0.1) is 0 Å². The normalized spacial score (nSPS) is 13.7. The van der Waals surface area contributed by atoms with Gasteiger partial charge < -0.3 is 10.2 Å². The van der Waals surface area contributed by atoms with Crippen molar-refractivity contribution in [2.24, 2.45) is 7.05 Å². The molecule has 2 aromatic heterocycles. The van der Waals surface area contributed by atoms with Crippen LogP contribution in [-0.2, 0) is 7.05 Å². The first-order valence-electron chi connectivity index (χ1n) is 7.59. The molecule has 0 saturated heterocycles. The summed E-state index contributed by atoms with van der Waals surface area (Å²) >= 11 is 0. The molecule has 0 aliphatic heterocycles. The van der Waals surface area contributed by atoms with Crippen molar-refractivity contribution in [1.82, 2.24) is 4.98 Å². The number of rotatable bonds is 2. The molecule has 0 atom stereocenters. The third-order valence-corrected chi connectivity index (χ3v) is 3.33. The summed E-state index contributed by atoms with van der Waals surface area (Å²) in [7, 11) is -8.69. The van der Waals surface area contributed by atoms with E-state index in [9.17, 15) is 35.4 Å². The van der Waals surface area contributed by atoms with Gasteiger partial charge in [-0.2, -0.15) is 0 Å². The third-order valence-electron chi connectivity index (χ3n) is 3.33. The van der Waals surface area contributed by atoms with E-state index in [0.29, 0.717) is 11.3 Å². The number of benzene rings is 1. The number of aryl methyl sites for hydroxylation is 1. The molecular weight excluding hydrogens is 409 g/mol. The van der Waals surface area contributed by atoms with E-state index in [1.807, 2.05) is 48.3 Å². The van der Waals surface area contributed by atoms with Crippen LogP contribution in [0.1, 0.15) is 0 Å². The van der Waals surface area contributed by atoms with Crippen molar-refractivity contribution in [2.75, 3.05) is 0 Å². The molecule has 0 fully saturated rings. The van der Waals surface area contributed by atoms with Crippen LogP contribution >= 0.6 is 7.81 Å². The van der Waals surface area contributed by atoms with E-state index in [4.69, 9.17) is 0 Å². The minimum atomic E-state index is -10.7. The summed E-state index contributed by atoms with van der Waals surface area (Å²) in [5.74, 6) is 0.0436. The van der Waals surface area contributed by atoms with Gasteiger partial charge in [-0.3, -0.25) is 4.98 Å². The fraction of sp³-hybridized carbons (Fsp3) is 0.0588. The summed E-state index contributed by atoms with van der Waals surface area (Å²) in [5, 5.41) is 19.3. The van der Waals surface area contributed by atoms with Gasteiger partial charge >= 0.3 is 33.0 Å². The van der Waals surface area contributed by atoms with E-state index >= 15 is 0 Å². The molecule has 0 spiro atoms. The monoisotopic (exact) mass is 424 g/mol. The average Bonchev–Trinajstić information content (AvgIpc) is 2.53. The molecule has 3 aromatic rings. The molecule has 2 heterocycles. The molecule has 0 radical (unpaired) electrons. The summed E-state index contributed by atoms with van der Waals surface area (Å²) in [4.78, 5) is 4.30. The summed E-state index contributed by atoms with van der Waals surface area (Å²) in [5.41, 5.74) is 3.36. The summed E-state index contributed by atoms with van der Waals surface area (Å²) < 4.78 is 61.2. The number of aromatic nitrogens is 2. The standard InChI is InChI=1S/C17H14N2O2.F6P/c1-19-8-5-12(6-9-19)13-4-7-18-16(10-13)15-3-2-14(20)11-17(15)21;1-7(2,3,4,5)6/h2-11H,1H3,(H-,18,20,21);/q;-1/p+1. The van der Waals surface area contributed by atoms with E-state index < -0.39 is 7.81 Å². The van der Waals surface area contributed by atoms with E-state index in [1.54, 1.807) is 12.3 Å². The SMILES string of the molecule is C[n+]1ccc(-c2ccnc(-c3ccc(O)cc3O)c2)cc1.F[P-](F)(F)(F)(F)F. The Morgan fingerprint density at radius 2 is 1.39 bits per heavy atom. The van der Waals surface area contributed by atoms with Gasteiger partial charge in [-0.15, -0.1) is 0 Å². The Morgan fingerprint density at radius 1 is 0.821 bits per heavy atom. The summed E-state index contributed by atoms with van der Waals surface area (Å²) in [6.45, 7) is 0. The number of hydrogen-bond donors (Lipinski definition) is 2. The van der Waals surface area contributed by atoms with Gasteiger partial charge in [-0.05, 0) is 35.4 Å². The Bertz CT molecular complexity index is 982. The number of aromatic hydroxyl groups is 2. The molecule has 0 amide bonds. The van der Waals surface area contributed by atoms with E-state index in [-0.39, 0.29) is 11.5 Å². The van der Waals surface area contributed by atoms with Gasteiger partial charge in [0.2, 0.25) is 0 Å². The van der Waals surface area contributed by atoms with Crippen LogP contribution in [0.4, 0.5) is 25.2 Å². The molecule has 0 aliphatic rings. The second-order valence-corrected chi connectivity index (χ2v) is 7.76. The molecule has 152 valence electrons. The van der Waals surface area contributed by atoms with Crippen molar-refractivity contribution in [3.05, 3.63) is 61.1 Å². The zero-order chi connectivity index (χ0) is 21.2. The molecule has 0 unspecified atom stereocenters. The Morgan fingerprint density at radius 3 is 1.93 bits per heavy atom. The van der Waals surface area contributed by atoms with Crippen molar-refractivity contribution in [3.63, 3.8) is 0 Å². The van der Waals surface area contributed by atoms with Gasteiger partial charge in [0.15, 0.2) is 12.4 Å². The molecular formula is C17H15F6N2O2P. The second-order valence-electron chi connectivity index (χ2n) is 5.84. The fourth-order valence-corrected chi connectivity index (χ4v) is 2.19. The number of halogens is 6. The Hall–Kier alpha value is -2.87. The maximum absolute atomic E-state index is 10.7. The first kappa shape index (κ1) is 21.4. The Balaban J connectivity index is 0.000000345. The molecule has 2 N–H and O–H groups in total. The molecule has 4 nitrogen and oxygen atoms in total. The number of phenols is 2. The predicted octanol–water partition coefficient (Wildman–Crippen LogP) is 6.03. The van der Waals surface area contributed by atoms with Gasteiger partial charge in [-0.25, -0.2) is 4.57 Å². The number of phenolic OH excluding ortho intramolecular Hbond substituents is 2. The van der Waals surface area contributed by atoms with Gasteiger partial charge in [0.1, 0.15) is 18.5 Å². The van der Waals surface area contributed by atoms with Gasteiger partial charge in [0.05, 0.1) is 5.69 Å². The Kier molecular flexibility index (Phi) is 5.07. The number of pyridine rings is 2. The minimum absolute atomic E-state index is 0.0131. The van der Waals surface area contributed by atoms with Crippen LogP contribution in [0.25, 0.3) is 22.4 Å². The third kappa shape index (κ3) is 7.79. The van der Waals surface area contributed by atoms with Crippen LogP contribution in [0.15, 0.2) is 61.1 Å². The number of hydrogen-bond acceptors (Lipinski definition) is 3. The Labute approximate surface area is 155 Å². The quantitative estimate of drug-likeness (QED) is 0.300. The molecule has 11 heteroatoms. The van der Waals surface area contributed by atoms with Crippen LogP contribution < -0.4 is 4.57 Å². The van der Waals surface area contributed by atoms with E-state index in [1.165, 1.54) is 12.1 Å². The number of nitrogens with zero attached hydrogens (tertiary/aromatic N) is 2. The fourth-order valence-electron chi connectivity index (χ4n) is 2.19. The topological polar surface area (TPSA) is 57.2 Å². The second kappa shape index (κ2) is 6.63.